The first-order valence-electron chi connectivity index (χ1n) is 8.90. The predicted molar refractivity (Wildman–Crippen MR) is 111 cm³/mol. The molecule has 1 aliphatic heterocycles. The molecule has 0 saturated carbocycles. The number of thioether (sulfide) groups is 1. The summed E-state index contributed by atoms with van der Waals surface area (Å²) >= 11 is 1.44. The van der Waals surface area contributed by atoms with E-state index in [-0.39, 0.29) is 29.4 Å². The minimum absolute atomic E-state index is 0. The molecule has 1 fully saturated rings. The molecule has 7 heteroatoms. The molecule has 27 heavy (non-hydrogen) atoms. The summed E-state index contributed by atoms with van der Waals surface area (Å²) in [6.07, 6.45) is 0. The molecule has 1 unspecified atom stereocenters. The zero-order chi connectivity index (χ0) is 18.2. The molecule has 1 saturated heterocycles. The summed E-state index contributed by atoms with van der Waals surface area (Å²) < 4.78 is 13.2. The number of carbonyl (C=O) groups excluding carboxylic acids is 1. The number of nitrogens with one attached hydrogen (secondary N) is 2. The molecular formula is C20H25ClFN3OS. The third-order valence-electron chi connectivity index (χ3n) is 4.34. The van der Waals surface area contributed by atoms with Crippen LogP contribution in [0.4, 0.5) is 4.39 Å². The van der Waals surface area contributed by atoms with Crippen LogP contribution in [0.25, 0.3) is 0 Å². The van der Waals surface area contributed by atoms with E-state index in [0.717, 1.165) is 43.2 Å². The van der Waals surface area contributed by atoms with Gasteiger partial charge in [-0.25, -0.2) is 4.39 Å². The largest absolute Gasteiger partial charge is 0.354 e. The maximum Gasteiger partial charge on any atom is 0.238 e. The number of amides is 1. The Kier molecular flexibility index (Phi) is 9.07. The zero-order valence-corrected chi connectivity index (χ0v) is 16.7. The smallest absolute Gasteiger partial charge is 0.238 e. The van der Waals surface area contributed by atoms with Gasteiger partial charge in [0, 0.05) is 44.2 Å². The number of halogens is 2. The van der Waals surface area contributed by atoms with E-state index in [1.165, 1.54) is 23.9 Å². The number of rotatable bonds is 7. The number of carbonyl (C=O) groups is 1. The van der Waals surface area contributed by atoms with E-state index in [9.17, 15) is 9.18 Å². The predicted octanol–water partition coefficient (Wildman–Crippen LogP) is 3.10. The Balaban J connectivity index is 0.00000261. The van der Waals surface area contributed by atoms with Gasteiger partial charge in [0.1, 0.15) is 11.1 Å². The van der Waals surface area contributed by atoms with Crippen molar-refractivity contribution < 1.29 is 9.18 Å². The van der Waals surface area contributed by atoms with Gasteiger partial charge in [0.25, 0.3) is 0 Å². The molecule has 0 aromatic heterocycles. The summed E-state index contributed by atoms with van der Waals surface area (Å²) in [4.78, 5) is 16.0. The van der Waals surface area contributed by atoms with Crippen LogP contribution in [-0.2, 0) is 4.79 Å². The first kappa shape index (κ1) is 21.7. The molecule has 146 valence electrons. The monoisotopic (exact) mass is 409 g/mol. The molecule has 2 N–H and O–H groups in total. The molecule has 4 nitrogen and oxygen atoms in total. The Labute approximate surface area is 170 Å². The van der Waals surface area contributed by atoms with Gasteiger partial charge in [-0.2, -0.15) is 0 Å². The van der Waals surface area contributed by atoms with Gasteiger partial charge < -0.3 is 10.6 Å². The summed E-state index contributed by atoms with van der Waals surface area (Å²) in [5.74, 6) is -0.285. The maximum absolute atomic E-state index is 13.2. The Bertz CT molecular complexity index is 696. The van der Waals surface area contributed by atoms with Crippen molar-refractivity contribution in [2.75, 3.05) is 39.3 Å². The van der Waals surface area contributed by atoms with Crippen LogP contribution in [0.5, 0.6) is 0 Å². The normalized spacial score (nSPS) is 15.6. The molecule has 2 aromatic carbocycles. The summed E-state index contributed by atoms with van der Waals surface area (Å²) in [5, 5.41) is 6.03. The highest BCUT2D eigenvalue weighted by Crippen LogP contribution is 2.35. The van der Waals surface area contributed by atoms with Gasteiger partial charge in [0.2, 0.25) is 5.91 Å². The second-order valence-electron chi connectivity index (χ2n) is 6.25. The molecule has 0 radical (unpaired) electrons. The molecule has 1 atom stereocenters. The Morgan fingerprint density at radius 2 is 1.78 bits per heavy atom. The van der Waals surface area contributed by atoms with Crippen molar-refractivity contribution in [3.63, 3.8) is 0 Å². The topological polar surface area (TPSA) is 44.4 Å². The molecule has 3 rings (SSSR count). The van der Waals surface area contributed by atoms with E-state index in [4.69, 9.17) is 0 Å². The first-order chi connectivity index (χ1) is 12.7. The summed E-state index contributed by atoms with van der Waals surface area (Å²) in [5.41, 5.74) is 0.946. The van der Waals surface area contributed by atoms with Crippen molar-refractivity contribution >= 4 is 30.1 Å². The average Bonchev–Trinajstić information content (AvgIpc) is 2.69. The number of nitrogens with zero attached hydrogens (tertiary/aromatic N) is 1. The standard InChI is InChI=1S/C20H24FN3OS.ClH/c21-17-6-8-18(9-7-17)26-19(16-4-2-1-3-5-16)20(25)23-12-15-24-13-10-22-11-14-24;/h1-9,19,22H,10-15H2,(H,23,25);1H. The summed E-state index contributed by atoms with van der Waals surface area (Å²) in [6.45, 7) is 5.52. The number of hydrogen-bond acceptors (Lipinski definition) is 4. The minimum atomic E-state index is -0.357. The Morgan fingerprint density at radius 3 is 2.44 bits per heavy atom. The highest BCUT2D eigenvalue weighted by atomic mass is 35.5. The van der Waals surface area contributed by atoms with E-state index in [1.54, 1.807) is 12.1 Å². The Hall–Kier alpha value is -1.60. The van der Waals surface area contributed by atoms with Crippen LogP contribution >= 0.6 is 24.2 Å². The van der Waals surface area contributed by atoms with Crippen molar-refractivity contribution in [1.82, 2.24) is 15.5 Å². The van der Waals surface area contributed by atoms with Crippen molar-refractivity contribution in [3.05, 3.63) is 66.0 Å². The third kappa shape index (κ3) is 6.81. The molecule has 0 aliphatic carbocycles. The van der Waals surface area contributed by atoms with Crippen molar-refractivity contribution in [1.29, 1.82) is 0 Å². The summed E-state index contributed by atoms with van der Waals surface area (Å²) in [6, 6.07) is 16.0. The van der Waals surface area contributed by atoms with Crippen LogP contribution in [-0.4, -0.2) is 50.1 Å². The van der Waals surface area contributed by atoms with Crippen LogP contribution < -0.4 is 10.6 Å². The summed E-state index contributed by atoms with van der Waals surface area (Å²) in [7, 11) is 0. The van der Waals surface area contributed by atoms with Crippen LogP contribution in [0, 0.1) is 5.82 Å². The van der Waals surface area contributed by atoms with Crippen LogP contribution in [0.15, 0.2) is 59.5 Å². The fraction of sp³-hybridized carbons (Fsp3) is 0.350. The lowest BCUT2D eigenvalue weighted by Crippen LogP contribution is -2.46. The van der Waals surface area contributed by atoms with Crippen LogP contribution in [0.2, 0.25) is 0 Å². The van der Waals surface area contributed by atoms with Gasteiger partial charge in [-0.15, -0.1) is 24.2 Å². The molecule has 2 aromatic rings. The minimum Gasteiger partial charge on any atom is -0.354 e. The molecule has 1 aliphatic rings. The van der Waals surface area contributed by atoms with Crippen molar-refractivity contribution in [2.45, 2.75) is 10.1 Å². The van der Waals surface area contributed by atoms with Crippen LogP contribution in [0.3, 0.4) is 0 Å². The molecule has 1 amide bonds. The third-order valence-corrected chi connectivity index (χ3v) is 5.61. The fourth-order valence-electron chi connectivity index (χ4n) is 2.91. The number of piperazine rings is 1. The van der Waals surface area contributed by atoms with E-state index in [1.807, 2.05) is 30.3 Å². The molecule has 1 heterocycles. The van der Waals surface area contributed by atoms with Gasteiger partial charge in [-0.3, -0.25) is 9.69 Å². The molecule has 0 bridgehead atoms. The van der Waals surface area contributed by atoms with Gasteiger partial charge in [0.05, 0.1) is 0 Å². The van der Waals surface area contributed by atoms with Gasteiger partial charge >= 0.3 is 0 Å². The second-order valence-corrected chi connectivity index (χ2v) is 7.42. The second kappa shape index (κ2) is 11.3. The van der Waals surface area contributed by atoms with Crippen molar-refractivity contribution in [3.8, 4) is 0 Å². The maximum atomic E-state index is 13.2. The highest BCUT2D eigenvalue weighted by molar-refractivity contribution is 8.00. The van der Waals surface area contributed by atoms with Gasteiger partial charge in [-0.1, -0.05) is 30.3 Å². The SMILES string of the molecule is Cl.O=C(NCCN1CCNCC1)C(Sc1ccc(F)cc1)c1ccccc1. The van der Waals surface area contributed by atoms with Crippen LogP contribution in [0.1, 0.15) is 10.8 Å². The van der Waals surface area contributed by atoms with E-state index in [2.05, 4.69) is 15.5 Å². The lowest BCUT2D eigenvalue weighted by atomic mass is 10.1. The average molecular weight is 410 g/mol. The lowest BCUT2D eigenvalue weighted by Gasteiger charge is -2.27. The van der Waals surface area contributed by atoms with Gasteiger partial charge in [-0.05, 0) is 29.8 Å². The lowest BCUT2D eigenvalue weighted by molar-refractivity contribution is -0.120. The van der Waals surface area contributed by atoms with Gasteiger partial charge in [0.15, 0.2) is 0 Å². The first-order valence-corrected chi connectivity index (χ1v) is 9.78. The van der Waals surface area contributed by atoms with E-state index in [0.29, 0.717) is 6.54 Å². The van der Waals surface area contributed by atoms with Crippen molar-refractivity contribution in [2.24, 2.45) is 0 Å². The zero-order valence-electron chi connectivity index (χ0n) is 15.1. The fourth-order valence-corrected chi connectivity index (χ4v) is 3.96. The molecular weight excluding hydrogens is 385 g/mol. The van der Waals surface area contributed by atoms with E-state index < -0.39 is 0 Å². The number of benzene rings is 2. The van der Waals surface area contributed by atoms with E-state index >= 15 is 0 Å². The molecule has 0 spiro atoms. The quantitative estimate of drug-likeness (QED) is 0.690. The Morgan fingerprint density at radius 1 is 1.11 bits per heavy atom. The number of hydrogen-bond donors (Lipinski definition) is 2. The highest BCUT2D eigenvalue weighted by Gasteiger charge is 2.22.